The van der Waals surface area contributed by atoms with Gasteiger partial charge in [0.25, 0.3) is 5.56 Å². The van der Waals surface area contributed by atoms with Crippen LogP contribution in [0.15, 0.2) is 88.2 Å². The van der Waals surface area contributed by atoms with Gasteiger partial charge in [0, 0.05) is 5.56 Å². The van der Waals surface area contributed by atoms with Gasteiger partial charge in [0.2, 0.25) is 0 Å². The summed E-state index contributed by atoms with van der Waals surface area (Å²) in [6.07, 6.45) is 1.73. The molecule has 2 heterocycles. The molecule has 1 aromatic heterocycles. The number of esters is 2. The number of carbonyl (C=O) groups is 2. The Bertz CT molecular complexity index is 1860. The van der Waals surface area contributed by atoms with E-state index in [1.807, 2.05) is 30.3 Å². The predicted octanol–water partition coefficient (Wildman–Crippen LogP) is 3.74. The first-order valence-electron chi connectivity index (χ1n) is 13.1. The maximum absolute atomic E-state index is 14.0. The van der Waals surface area contributed by atoms with Crippen LogP contribution in [0.4, 0.5) is 0 Å². The Balaban J connectivity index is 1.78. The standard InChI is InChI=1S/C32H28N2O7S/c1-5-41-31(37)26-27(20-9-7-6-8-10-20)33-32-34(28(26)22-15-16-23(38-2)24(18-22)39-3)29(35)25(42-32)17-19-11-13-21(14-12-19)30(36)40-4/h6-18,28H,5H2,1-4H3/b25-17-/t28-/m1/s1. The molecule has 1 atom stereocenters. The van der Waals surface area contributed by atoms with Gasteiger partial charge in [0.15, 0.2) is 16.3 Å². The van der Waals surface area contributed by atoms with Gasteiger partial charge in [-0.2, -0.15) is 0 Å². The minimum atomic E-state index is -0.862. The lowest BCUT2D eigenvalue weighted by Gasteiger charge is -2.26. The fourth-order valence-corrected chi connectivity index (χ4v) is 5.76. The number of hydrogen-bond donors (Lipinski definition) is 0. The third-order valence-corrected chi connectivity index (χ3v) is 7.71. The van der Waals surface area contributed by atoms with Gasteiger partial charge < -0.3 is 18.9 Å². The molecule has 0 radical (unpaired) electrons. The second kappa shape index (κ2) is 12.3. The minimum absolute atomic E-state index is 0.148. The predicted molar refractivity (Wildman–Crippen MR) is 158 cm³/mol. The first kappa shape index (κ1) is 28.6. The van der Waals surface area contributed by atoms with Crippen molar-refractivity contribution in [3.05, 3.63) is 120 Å². The van der Waals surface area contributed by atoms with Crippen molar-refractivity contribution in [2.75, 3.05) is 27.9 Å². The number of thiazole rings is 1. The maximum atomic E-state index is 14.0. The van der Waals surface area contributed by atoms with Crippen molar-refractivity contribution in [3.8, 4) is 11.5 Å². The lowest BCUT2D eigenvalue weighted by Crippen LogP contribution is -2.40. The van der Waals surface area contributed by atoms with Crippen molar-refractivity contribution in [2.24, 2.45) is 4.99 Å². The van der Waals surface area contributed by atoms with Crippen molar-refractivity contribution >= 4 is 35.0 Å². The molecule has 4 aromatic rings. The molecule has 0 aliphatic carbocycles. The van der Waals surface area contributed by atoms with Crippen molar-refractivity contribution in [1.29, 1.82) is 0 Å². The normalized spacial score (nSPS) is 14.6. The van der Waals surface area contributed by atoms with E-state index in [9.17, 15) is 14.4 Å². The van der Waals surface area contributed by atoms with E-state index in [1.165, 1.54) is 37.2 Å². The number of methoxy groups -OCH3 is 3. The van der Waals surface area contributed by atoms with Crippen LogP contribution in [-0.4, -0.2) is 44.4 Å². The van der Waals surface area contributed by atoms with Crippen LogP contribution in [0.25, 0.3) is 11.8 Å². The van der Waals surface area contributed by atoms with E-state index in [2.05, 4.69) is 0 Å². The van der Waals surface area contributed by atoms with Crippen LogP contribution in [0.2, 0.25) is 0 Å². The average molecular weight is 585 g/mol. The Morgan fingerprint density at radius 3 is 2.29 bits per heavy atom. The van der Waals surface area contributed by atoms with E-state index in [0.717, 1.165) is 0 Å². The summed E-state index contributed by atoms with van der Waals surface area (Å²) < 4.78 is 23.2. The van der Waals surface area contributed by atoms with Gasteiger partial charge in [-0.1, -0.05) is 59.9 Å². The molecule has 1 aliphatic rings. The Hall–Kier alpha value is -4.96. The van der Waals surface area contributed by atoms with Gasteiger partial charge in [0.05, 0.1) is 55.3 Å². The maximum Gasteiger partial charge on any atom is 0.338 e. The number of aromatic nitrogens is 1. The second-order valence-electron chi connectivity index (χ2n) is 9.16. The Kier molecular flexibility index (Phi) is 8.35. The molecular weight excluding hydrogens is 556 g/mol. The molecule has 0 fully saturated rings. The number of carbonyl (C=O) groups excluding carboxylic acids is 2. The van der Waals surface area contributed by atoms with Crippen LogP contribution in [0.1, 0.15) is 40.0 Å². The van der Waals surface area contributed by atoms with Crippen LogP contribution in [0.3, 0.4) is 0 Å². The first-order chi connectivity index (χ1) is 20.4. The van der Waals surface area contributed by atoms with Gasteiger partial charge >= 0.3 is 11.9 Å². The fourth-order valence-electron chi connectivity index (χ4n) is 4.76. The number of fused-ring (bicyclic) bond motifs is 1. The van der Waals surface area contributed by atoms with Crippen molar-refractivity contribution in [2.45, 2.75) is 13.0 Å². The van der Waals surface area contributed by atoms with E-state index in [-0.39, 0.29) is 17.7 Å². The number of nitrogens with zero attached hydrogens (tertiary/aromatic N) is 2. The van der Waals surface area contributed by atoms with E-state index in [4.69, 9.17) is 23.9 Å². The van der Waals surface area contributed by atoms with Crippen LogP contribution >= 0.6 is 11.3 Å². The monoisotopic (exact) mass is 584 g/mol. The molecule has 10 heteroatoms. The SMILES string of the molecule is CCOC(=O)C1=C(c2ccccc2)N=c2s/c(=C\c3ccc(C(=O)OC)cc3)c(=O)n2[C@@H]1c1ccc(OC)c(OC)c1. The third kappa shape index (κ3) is 5.36. The van der Waals surface area contributed by atoms with Gasteiger partial charge in [-0.05, 0) is 48.4 Å². The smallest absolute Gasteiger partial charge is 0.338 e. The number of ether oxygens (including phenoxy) is 4. The molecule has 0 N–H and O–H groups in total. The molecule has 1 aliphatic heterocycles. The van der Waals surface area contributed by atoms with Crippen LogP contribution in [-0.2, 0) is 14.3 Å². The highest BCUT2D eigenvalue weighted by Gasteiger charge is 2.35. The molecule has 214 valence electrons. The highest BCUT2D eigenvalue weighted by Crippen LogP contribution is 2.38. The van der Waals surface area contributed by atoms with Crippen LogP contribution in [0.5, 0.6) is 11.5 Å². The van der Waals surface area contributed by atoms with E-state index in [1.54, 1.807) is 55.5 Å². The van der Waals surface area contributed by atoms with Crippen LogP contribution < -0.4 is 24.4 Å². The van der Waals surface area contributed by atoms with Crippen LogP contribution in [0, 0.1) is 0 Å². The average Bonchev–Trinajstić information content (AvgIpc) is 3.34. The van der Waals surface area contributed by atoms with Crippen molar-refractivity contribution in [1.82, 2.24) is 4.57 Å². The van der Waals surface area contributed by atoms with Crippen molar-refractivity contribution < 1.29 is 28.5 Å². The number of hydrogen-bond acceptors (Lipinski definition) is 9. The molecule has 42 heavy (non-hydrogen) atoms. The third-order valence-electron chi connectivity index (χ3n) is 6.73. The van der Waals surface area contributed by atoms with Gasteiger partial charge in [-0.15, -0.1) is 0 Å². The van der Waals surface area contributed by atoms with Gasteiger partial charge in [0.1, 0.15) is 0 Å². The van der Waals surface area contributed by atoms with E-state index >= 15 is 0 Å². The summed E-state index contributed by atoms with van der Waals surface area (Å²) in [6.45, 7) is 1.88. The van der Waals surface area contributed by atoms with Gasteiger partial charge in [-0.25, -0.2) is 14.6 Å². The summed E-state index contributed by atoms with van der Waals surface area (Å²) in [5.41, 5.74) is 2.76. The topological polar surface area (TPSA) is 105 Å². The summed E-state index contributed by atoms with van der Waals surface area (Å²) in [4.78, 5) is 44.8. The summed E-state index contributed by atoms with van der Waals surface area (Å²) in [5.74, 6) is -0.0679. The zero-order valence-corrected chi connectivity index (χ0v) is 24.3. The molecule has 0 saturated carbocycles. The van der Waals surface area contributed by atoms with Crippen molar-refractivity contribution in [3.63, 3.8) is 0 Å². The fraction of sp³-hybridized carbons (Fsp3) is 0.188. The highest BCUT2D eigenvalue weighted by molar-refractivity contribution is 7.07. The lowest BCUT2D eigenvalue weighted by atomic mass is 9.93. The number of benzene rings is 3. The molecule has 3 aromatic carbocycles. The second-order valence-corrected chi connectivity index (χ2v) is 10.2. The summed E-state index contributed by atoms with van der Waals surface area (Å²) in [6, 6.07) is 20.5. The zero-order valence-electron chi connectivity index (χ0n) is 23.5. The largest absolute Gasteiger partial charge is 0.493 e. The summed E-state index contributed by atoms with van der Waals surface area (Å²) in [7, 11) is 4.38. The molecule has 0 unspecified atom stereocenters. The quantitative estimate of drug-likeness (QED) is 0.291. The lowest BCUT2D eigenvalue weighted by molar-refractivity contribution is -0.138. The first-order valence-corrected chi connectivity index (χ1v) is 13.9. The Morgan fingerprint density at radius 2 is 1.64 bits per heavy atom. The highest BCUT2D eigenvalue weighted by atomic mass is 32.1. The molecule has 0 bridgehead atoms. The number of rotatable bonds is 8. The molecule has 0 spiro atoms. The van der Waals surface area contributed by atoms with E-state index < -0.39 is 18.0 Å². The molecule has 0 saturated heterocycles. The van der Waals surface area contributed by atoms with E-state index in [0.29, 0.717) is 48.8 Å². The summed E-state index contributed by atoms with van der Waals surface area (Å²) in [5, 5.41) is 0. The molecular formula is C32H28N2O7S. The molecule has 0 amide bonds. The molecule has 5 rings (SSSR count). The molecule has 9 nitrogen and oxygen atoms in total. The minimum Gasteiger partial charge on any atom is -0.493 e. The Morgan fingerprint density at radius 1 is 0.929 bits per heavy atom. The Labute approximate surface area is 245 Å². The summed E-state index contributed by atoms with van der Waals surface area (Å²) >= 11 is 1.21. The zero-order chi connectivity index (χ0) is 29.8. The van der Waals surface area contributed by atoms with Gasteiger partial charge in [-0.3, -0.25) is 9.36 Å².